The summed E-state index contributed by atoms with van der Waals surface area (Å²) in [6, 6.07) is 8.19. The van der Waals surface area contributed by atoms with Crippen molar-refractivity contribution in [3.05, 3.63) is 47.0 Å². The van der Waals surface area contributed by atoms with Crippen LogP contribution in [0.15, 0.2) is 35.9 Å². The van der Waals surface area contributed by atoms with E-state index < -0.39 is 5.60 Å². The van der Waals surface area contributed by atoms with E-state index in [9.17, 15) is 14.7 Å². The quantitative estimate of drug-likeness (QED) is 0.515. The van der Waals surface area contributed by atoms with E-state index in [2.05, 4.69) is 39.0 Å². The number of rotatable bonds is 6. The second-order valence-corrected chi connectivity index (χ2v) is 10.2. The number of nitrogens with zero attached hydrogens (tertiary/aromatic N) is 1. The van der Waals surface area contributed by atoms with Crippen LogP contribution in [0.2, 0.25) is 0 Å². The van der Waals surface area contributed by atoms with Crippen LogP contribution in [0.25, 0.3) is 0 Å². The molecule has 5 nitrogen and oxygen atoms in total. The maximum Gasteiger partial charge on any atom is 0.303 e. The second kappa shape index (κ2) is 9.78. The highest BCUT2D eigenvalue weighted by Gasteiger charge is 2.52. The average Bonchev–Trinajstić information content (AvgIpc) is 2.71. The highest BCUT2D eigenvalue weighted by Crippen LogP contribution is 2.51. The fraction of sp³-hybridized carbons (Fsp3) is 0.630. The zero-order valence-electron chi connectivity index (χ0n) is 20.4. The van der Waals surface area contributed by atoms with Gasteiger partial charge in [0.2, 0.25) is 5.91 Å². The predicted molar refractivity (Wildman–Crippen MR) is 126 cm³/mol. The number of carbonyl (C=O) groups is 2. The molecule has 2 aliphatic rings. The van der Waals surface area contributed by atoms with E-state index in [-0.39, 0.29) is 41.7 Å². The first-order chi connectivity index (χ1) is 15.0. The predicted octanol–water partition coefficient (Wildman–Crippen LogP) is 4.65. The monoisotopic (exact) mass is 441 g/mol. The SMILES string of the molecule is CC(=O)O[C@@H]1C[C@@]2(O)[C@H](C)CC[C@@H](C(C)CN(Cc3ccccc3C)C(C)=O)[C@H]2C=C1C. The highest BCUT2D eigenvalue weighted by molar-refractivity contribution is 5.73. The van der Waals surface area contributed by atoms with Gasteiger partial charge in [-0.25, -0.2) is 0 Å². The molecule has 1 aromatic carbocycles. The van der Waals surface area contributed by atoms with Gasteiger partial charge in [0, 0.05) is 39.3 Å². The number of hydrogen-bond donors (Lipinski definition) is 1. The van der Waals surface area contributed by atoms with Gasteiger partial charge in [-0.15, -0.1) is 0 Å². The Morgan fingerprint density at radius 2 is 1.91 bits per heavy atom. The Morgan fingerprint density at radius 3 is 2.53 bits per heavy atom. The molecule has 1 aromatic rings. The van der Waals surface area contributed by atoms with Crippen molar-refractivity contribution < 1.29 is 19.4 Å². The Hall–Kier alpha value is -2.14. The van der Waals surface area contributed by atoms with Gasteiger partial charge in [-0.3, -0.25) is 9.59 Å². The molecule has 0 spiro atoms. The molecule has 176 valence electrons. The molecule has 1 N–H and O–H groups in total. The van der Waals surface area contributed by atoms with E-state index in [1.54, 1.807) is 6.92 Å². The van der Waals surface area contributed by atoms with Crippen molar-refractivity contribution in [3.8, 4) is 0 Å². The summed E-state index contributed by atoms with van der Waals surface area (Å²) >= 11 is 0. The Morgan fingerprint density at radius 1 is 1.22 bits per heavy atom. The summed E-state index contributed by atoms with van der Waals surface area (Å²) < 4.78 is 5.52. The Labute approximate surface area is 192 Å². The van der Waals surface area contributed by atoms with Gasteiger partial charge in [0.05, 0.1) is 5.60 Å². The lowest BCUT2D eigenvalue weighted by Crippen LogP contribution is -2.56. The molecule has 0 heterocycles. The minimum absolute atomic E-state index is 0.000303. The molecule has 1 unspecified atom stereocenters. The molecule has 0 bridgehead atoms. The molecule has 5 heteroatoms. The number of amides is 1. The van der Waals surface area contributed by atoms with Gasteiger partial charge in [0.15, 0.2) is 0 Å². The van der Waals surface area contributed by atoms with Gasteiger partial charge < -0.3 is 14.7 Å². The summed E-state index contributed by atoms with van der Waals surface area (Å²) in [7, 11) is 0. The van der Waals surface area contributed by atoms with Crippen LogP contribution in [0.5, 0.6) is 0 Å². The minimum atomic E-state index is -0.895. The van der Waals surface area contributed by atoms with Crippen LogP contribution in [-0.4, -0.2) is 40.1 Å². The summed E-state index contributed by atoms with van der Waals surface area (Å²) in [6.07, 6.45) is 4.18. The summed E-state index contributed by atoms with van der Waals surface area (Å²) in [6.45, 7) is 12.7. The van der Waals surface area contributed by atoms with Gasteiger partial charge in [-0.2, -0.15) is 0 Å². The number of benzene rings is 1. The van der Waals surface area contributed by atoms with Crippen LogP contribution >= 0.6 is 0 Å². The molecular weight excluding hydrogens is 402 g/mol. The number of fused-ring (bicyclic) bond motifs is 1. The molecule has 1 fully saturated rings. The van der Waals surface area contributed by atoms with Crippen molar-refractivity contribution in [3.63, 3.8) is 0 Å². The lowest BCUT2D eigenvalue weighted by molar-refractivity contribution is -0.159. The van der Waals surface area contributed by atoms with Crippen LogP contribution in [0.3, 0.4) is 0 Å². The largest absolute Gasteiger partial charge is 0.458 e. The number of esters is 1. The summed E-state index contributed by atoms with van der Waals surface area (Å²) in [4.78, 5) is 26.0. The van der Waals surface area contributed by atoms with E-state index in [0.717, 1.165) is 18.4 Å². The van der Waals surface area contributed by atoms with Gasteiger partial charge in [0.1, 0.15) is 6.10 Å². The molecule has 6 atom stereocenters. The third-order valence-corrected chi connectivity index (χ3v) is 7.90. The zero-order chi connectivity index (χ0) is 23.6. The van der Waals surface area contributed by atoms with Crippen molar-refractivity contribution >= 4 is 11.9 Å². The number of aliphatic hydroxyl groups is 1. The molecule has 3 rings (SSSR count). The molecule has 1 amide bonds. The molecule has 32 heavy (non-hydrogen) atoms. The van der Waals surface area contributed by atoms with Gasteiger partial charge in [-0.1, -0.05) is 44.2 Å². The van der Waals surface area contributed by atoms with Crippen molar-refractivity contribution in [2.24, 2.45) is 23.7 Å². The molecule has 2 aliphatic carbocycles. The second-order valence-electron chi connectivity index (χ2n) is 10.2. The number of carbonyl (C=O) groups excluding carboxylic acids is 2. The molecule has 0 saturated heterocycles. The summed E-state index contributed by atoms with van der Waals surface area (Å²) in [5.74, 6) is 0.398. The van der Waals surface area contributed by atoms with Gasteiger partial charge >= 0.3 is 5.97 Å². The number of ether oxygens (including phenoxy) is 1. The lowest BCUT2D eigenvalue weighted by atomic mass is 9.57. The summed E-state index contributed by atoms with van der Waals surface area (Å²) in [5, 5.41) is 11.8. The molecule has 0 radical (unpaired) electrons. The standard InChI is InChI=1S/C27H39NO4/c1-17-9-7-8-10-23(17)16-28(21(5)29)15-19(3)24-12-11-20(4)27(31)14-26(32-22(6)30)18(2)13-25(24)27/h7-10,13,19-20,24-26,31H,11-12,14-16H2,1-6H3/t19?,20-,24+,25-,26-,27-/m1/s1. The third kappa shape index (κ3) is 5.09. The topological polar surface area (TPSA) is 66.8 Å². The highest BCUT2D eigenvalue weighted by atomic mass is 16.5. The van der Waals surface area contributed by atoms with Crippen LogP contribution < -0.4 is 0 Å². The Balaban J connectivity index is 1.81. The van der Waals surface area contributed by atoms with Crippen LogP contribution in [0.4, 0.5) is 0 Å². The lowest BCUT2D eigenvalue weighted by Gasteiger charge is -2.53. The number of aryl methyl sites for hydroxylation is 1. The number of hydrogen-bond acceptors (Lipinski definition) is 4. The van der Waals surface area contributed by atoms with E-state index in [1.165, 1.54) is 18.1 Å². The van der Waals surface area contributed by atoms with Crippen molar-refractivity contribution in [1.82, 2.24) is 4.90 Å². The van der Waals surface area contributed by atoms with Crippen LogP contribution in [-0.2, 0) is 20.9 Å². The van der Waals surface area contributed by atoms with E-state index in [0.29, 0.717) is 19.5 Å². The van der Waals surface area contributed by atoms with Gasteiger partial charge in [0.25, 0.3) is 0 Å². The summed E-state index contributed by atoms with van der Waals surface area (Å²) in [5.41, 5.74) is 2.48. The van der Waals surface area contributed by atoms with Crippen LogP contribution in [0, 0.1) is 30.6 Å². The minimum Gasteiger partial charge on any atom is -0.458 e. The fourth-order valence-electron chi connectivity index (χ4n) is 5.78. The molecular formula is C27H39NO4. The van der Waals surface area contributed by atoms with Gasteiger partial charge in [-0.05, 0) is 61.1 Å². The first-order valence-corrected chi connectivity index (χ1v) is 11.9. The van der Waals surface area contributed by atoms with E-state index in [4.69, 9.17) is 4.74 Å². The Bertz CT molecular complexity index is 878. The third-order valence-electron chi connectivity index (χ3n) is 7.90. The van der Waals surface area contributed by atoms with Crippen molar-refractivity contribution in [2.45, 2.75) is 79.1 Å². The average molecular weight is 442 g/mol. The zero-order valence-corrected chi connectivity index (χ0v) is 20.4. The van der Waals surface area contributed by atoms with E-state index in [1.807, 2.05) is 24.0 Å². The molecule has 1 saturated carbocycles. The van der Waals surface area contributed by atoms with Crippen molar-refractivity contribution in [1.29, 1.82) is 0 Å². The fourth-order valence-corrected chi connectivity index (χ4v) is 5.78. The van der Waals surface area contributed by atoms with Crippen LogP contribution in [0.1, 0.15) is 65.0 Å². The Kier molecular flexibility index (Phi) is 7.49. The molecule has 0 aliphatic heterocycles. The normalized spacial score (nSPS) is 30.7. The molecule has 0 aromatic heterocycles. The maximum absolute atomic E-state index is 12.5. The van der Waals surface area contributed by atoms with E-state index >= 15 is 0 Å². The first-order valence-electron chi connectivity index (χ1n) is 11.9. The first kappa shape index (κ1) is 24.5. The smallest absolute Gasteiger partial charge is 0.303 e. The van der Waals surface area contributed by atoms with Crippen molar-refractivity contribution in [2.75, 3.05) is 6.54 Å². The maximum atomic E-state index is 12.5.